The zero-order chi connectivity index (χ0) is 17.8. The Labute approximate surface area is 157 Å². The number of rotatable bonds is 3. The molecule has 0 radical (unpaired) electrons. The van der Waals surface area contributed by atoms with E-state index in [2.05, 4.69) is 52.3 Å². The first-order valence-corrected chi connectivity index (χ1v) is 10.3. The van der Waals surface area contributed by atoms with Crippen molar-refractivity contribution >= 4 is 16.7 Å². The van der Waals surface area contributed by atoms with Crippen molar-refractivity contribution in [2.45, 2.75) is 45.1 Å². The van der Waals surface area contributed by atoms with Crippen LogP contribution in [0.4, 0.5) is 0 Å². The molecule has 3 nitrogen and oxygen atoms in total. The SMILES string of the molecule is O=C([C@@H]1CCCN(Cc2cccc3ccccc23)C1)N1CCCCCC1. The maximum Gasteiger partial charge on any atom is 0.226 e. The summed E-state index contributed by atoms with van der Waals surface area (Å²) in [5, 5.41) is 2.65. The molecule has 1 atom stereocenters. The molecule has 0 aliphatic carbocycles. The fourth-order valence-corrected chi connectivity index (χ4v) is 4.62. The second-order valence-corrected chi connectivity index (χ2v) is 7.95. The Morgan fingerprint density at radius 3 is 2.50 bits per heavy atom. The third-order valence-electron chi connectivity index (χ3n) is 6.05. The minimum Gasteiger partial charge on any atom is -0.342 e. The summed E-state index contributed by atoms with van der Waals surface area (Å²) in [7, 11) is 0. The smallest absolute Gasteiger partial charge is 0.226 e. The van der Waals surface area contributed by atoms with E-state index in [9.17, 15) is 4.79 Å². The average Bonchev–Trinajstić information content (AvgIpc) is 2.97. The quantitative estimate of drug-likeness (QED) is 0.816. The molecule has 138 valence electrons. The van der Waals surface area contributed by atoms with Crippen LogP contribution in [0.3, 0.4) is 0 Å². The average molecular weight is 351 g/mol. The van der Waals surface area contributed by atoms with Gasteiger partial charge < -0.3 is 4.90 Å². The Hall–Kier alpha value is -1.87. The van der Waals surface area contributed by atoms with Crippen molar-refractivity contribution in [2.24, 2.45) is 5.92 Å². The van der Waals surface area contributed by atoms with Crippen LogP contribution in [0.15, 0.2) is 42.5 Å². The Kier molecular flexibility index (Phi) is 5.54. The number of likely N-dealkylation sites (tertiary alicyclic amines) is 2. The lowest BCUT2D eigenvalue weighted by atomic mass is 9.95. The van der Waals surface area contributed by atoms with Gasteiger partial charge in [-0.3, -0.25) is 9.69 Å². The summed E-state index contributed by atoms with van der Waals surface area (Å²) in [5.41, 5.74) is 1.38. The van der Waals surface area contributed by atoms with E-state index < -0.39 is 0 Å². The number of nitrogens with zero attached hydrogens (tertiary/aromatic N) is 2. The number of benzene rings is 2. The summed E-state index contributed by atoms with van der Waals surface area (Å²) in [6, 6.07) is 15.2. The number of amides is 1. The summed E-state index contributed by atoms with van der Waals surface area (Å²) < 4.78 is 0. The van der Waals surface area contributed by atoms with Crippen LogP contribution >= 0.6 is 0 Å². The second kappa shape index (κ2) is 8.22. The van der Waals surface area contributed by atoms with Crippen LogP contribution in [-0.4, -0.2) is 41.9 Å². The summed E-state index contributed by atoms with van der Waals surface area (Å²) in [5.74, 6) is 0.603. The maximum atomic E-state index is 13.0. The topological polar surface area (TPSA) is 23.6 Å². The lowest BCUT2D eigenvalue weighted by Gasteiger charge is -2.35. The molecule has 2 aliphatic heterocycles. The lowest BCUT2D eigenvalue weighted by Crippen LogP contribution is -2.44. The summed E-state index contributed by atoms with van der Waals surface area (Å²) in [6.07, 6.45) is 7.11. The predicted molar refractivity (Wildman–Crippen MR) is 107 cm³/mol. The van der Waals surface area contributed by atoms with Crippen LogP contribution in [0.25, 0.3) is 10.8 Å². The fraction of sp³-hybridized carbons (Fsp3) is 0.522. The molecule has 0 unspecified atom stereocenters. The summed E-state index contributed by atoms with van der Waals surface area (Å²) in [6.45, 7) is 4.91. The number of fused-ring (bicyclic) bond motifs is 1. The van der Waals surface area contributed by atoms with Gasteiger partial charge in [0.25, 0.3) is 0 Å². The zero-order valence-corrected chi connectivity index (χ0v) is 15.7. The molecule has 2 heterocycles. The third-order valence-corrected chi connectivity index (χ3v) is 6.05. The first-order valence-electron chi connectivity index (χ1n) is 10.3. The highest BCUT2D eigenvalue weighted by Gasteiger charge is 2.29. The van der Waals surface area contributed by atoms with Crippen molar-refractivity contribution in [3.05, 3.63) is 48.0 Å². The first-order chi connectivity index (χ1) is 12.8. The monoisotopic (exact) mass is 350 g/mol. The molecule has 3 heteroatoms. The highest BCUT2D eigenvalue weighted by atomic mass is 16.2. The normalized spacial score (nSPS) is 22.3. The van der Waals surface area contributed by atoms with E-state index in [4.69, 9.17) is 0 Å². The molecular weight excluding hydrogens is 320 g/mol. The molecule has 26 heavy (non-hydrogen) atoms. The molecule has 1 amide bonds. The molecule has 0 aromatic heterocycles. The van der Waals surface area contributed by atoms with Gasteiger partial charge >= 0.3 is 0 Å². The molecule has 0 N–H and O–H groups in total. The predicted octanol–water partition coefficient (Wildman–Crippen LogP) is 4.45. The van der Waals surface area contributed by atoms with Gasteiger partial charge in [-0.25, -0.2) is 0 Å². The van der Waals surface area contributed by atoms with Crippen LogP contribution in [0.1, 0.15) is 44.1 Å². The van der Waals surface area contributed by atoms with E-state index in [0.717, 1.165) is 45.6 Å². The highest BCUT2D eigenvalue weighted by molar-refractivity contribution is 5.85. The molecule has 4 rings (SSSR count). The molecule has 2 saturated heterocycles. The summed E-state index contributed by atoms with van der Waals surface area (Å²) >= 11 is 0. The minimum absolute atomic E-state index is 0.192. The van der Waals surface area contributed by atoms with Gasteiger partial charge in [0.05, 0.1) is 5.92 Å². The Bertz CT molecular complexity index is 743. The molecule has 0 spiro atoms. The van der Waals surface area contributed by atoms with Crippen LogP contribution in [0.2, 0.25) is 0 Å². The number of piperidine rings is 1. The van der Waals surface area contributed by atoms with Gasteiger partial charge in [0.15, 0.2) is 0 Å². The van der Waals surface area contributed by atoms with E-state index >= 15 is 0 Å². The van der Waals surface area contributed by atoms with Crippen LogP contribution in [0.5, 0.6) is 0 Å². The number of hydrogen-bond donors (Lipinski definition) is 0. The molecule has 2 aliphatic rings. The van der Waals surface area contributed by atoms with Crippen molar-refractivity contribution in [2.75, 3.05) is 26.2 Å². The fourth-order valence-electron chi connectivity index (χ4n) is 4.62. The van der Waals surface area contributed by atoms with E-state index in [0.29, 0.717) is 5.91 Å². The molecule has 2 fully saturated rings. The molecule has 2 aromatic rings. The molecule has 0 bridgehead atoms. The molecule has 0 saturated carbocycles. The van der Waals surface area contributed by atoms with Gasteiger partial charge in [0.1, 0.15) is 0 Å². The first kappa shape index (κ1) is 17.5. The maximum absolute atomic E-state index is 13.0. The van der Waals surface area contributed by atoms with Crippen LogP contribution < -0.4 is 0 Å². The van der Waals surface area contributed by atoms with Gasteiger partial charge in [-0.2, -0.15) is 0 Å². The summed E-state index contributed by atoms with van der Waals surface area (Å²) in [4.78, 5) is 17.7. The van der Waals surface area contributed by atoms with Crippen molar-refractivity contribution in [1.29, 1.82) is 0 Å². The van der Waals surface area contributed by atoms with E-state index in [1.54, 1.807) is 0 Å². The highest BCUT2D eigenvalue weighted by Crippen LogP contribution is 2.25. The number of hydrogen-bond acceptors (Lipinski definition) is 2. The third kappa shape index (κ3) is 3.93. The largest absolute Gasteiger partial charge is 0.342 e. The van der Waals surface area contributed by atoms with E-state index in [1.807, 2.05) is 0 Å². The Balaban J connectivity index is 1.44. The van der Waals surface area contributed by atoms with E-state index in [-0.39, 0.29) is 5.92 Å². The molecular formula is C23H30N2O. The number of carbonyl (C=O) groups is 1. The van der Waals surface area contributed by atoms with Gasteiger partial charge in [0.2, 0.25) is 5.91 Å². The van der Waals surface area contributed by atoms with Crippen molar-refractivity contribution in [3.8, 4) is 0 Å². The zero-order valence-electron chi connectivity index (χ0n) is 15.7. The van der Waals surface area contributed by atoms with Crippen molar-refractivity contribution in [3.63, 3.8) is 0 Å². The van der Waals surface area contributed by atoms with Crippen molar-refractivity contribution < 1.29 is 4.79 Å². The number of carbonyl (C=O) groups excluding carboxylic acids is 1. The van der Waals surface area contributed by atoms with Crippen molar-refractivity contribution in [1.82, 2.24) is 9.80 Å². The van der Waals surface area contributed by atoms with Gasteiger partial charge in [-0.15, -0.1) is 0 Å². The molecule has 2 aromatic carbocycles. The lowest BCUT2D eigenvalue weighted by molar-refractivity contribution is -0.137. The Morgan fingerprint density at radius 1 is 0.885 bits per heavy atom. The standard InChI is InChI=1S/C23H30N2O/c26-23(25-15-5-1-2-6-16-25)21-12-8-14-24(18-21)17-20-11-7-10-19-9-3-4-13-22(19)20/h3-4,7,9-11,13,21H,1-2,5-6,8,12,14-18H2/t21-/m1/s1. The van der Waals surface area contributed by atoms with Gasteiger partial charge in [-0.1, -0.05) is 55.3 Å². The van der Waals surface area contributed by atoms with Crippen LogP contribution in [0, 0.1) is 5.92 Å². The van der Waals surface area contributed by atoms with Crippen LogP contribution in [-0.2, 0) is 11.3 Å². The van der Waals surface area contributed by atoms with E-state index in [1.165, 1.54) is 42.0 Å². The van der Waals surface area contributed by atoms with Gasteiger partial charge in [-0.05, 0) is 48.6 Å². The Morgan fingerprint density at radius 2 is 1.65 bits per heavy atom. The second-order valence-electron chi connectivity index (χ2n) is 7.95. The minimum atomic E-state index is 0.192. The van der Waals surface area contributed by atoms with Gasteiger partial charge in [0, 0.05) is 26.2 Å².